The van der Waals surface area contributed by atoms with Crippen molar-refractivity contribution in [1.82, 2.24) is 5.32 Å². The summed E-state index contributed by atoms with van der Waals surface area (Å²) in [5.74, 6) is -5.66. The number of carbonyl (C=O) groups is 2. The minimum absolute atomic E-state index is 0.300. The predicted molar refractivity (Wildman–Crippen MR) is 83.0 cm³/mol. The lowest BCUT2D eigenvalue weighted by atomic mass is 10.1. The molecule has 0 fully saturated rings. The van der Waals surface area contributed by atoms with Gasteiger partial charge in [0.1, 0.15) is 11.6 Å². The highest BCUT2D eigenvalue weighted by atomic mass is 19.4. The molecule has 1 aromatic carbocycles. The van der Waals surface area contributed by atoms with Crippen LogP contribution in [0, 0.1) is 17.6 Å². The number of amides is 1. The molecule has 1 amide bonds. The molecule has 2 N–H and O–H groups in total. The van der Waals surface area contributed by atoms with Crippen molar-refractivity contribution >= 4 is 17.6 Å². The number of nitrogens with one attached hydrogen (secondary N) is 2. The van der Waals surface area contributed by atoms with Crippen molar-refractivity contribution in [3.63, 3.8) is 0 Å². The van der Waals surface area contributed by atoms with E-state index in [0.29, 0.717) is 18.2 Å². The summed E-state index contributed by atoms with van der Waals surface area (Å²) in [7, 11) is 0. The fourth-order valence-electron chi connectivity index (χ4n) is 2.05. The lowest BCUT2D eigenvalue weighted by Crippen LogP contribution is -2.69. The topological polar surface area (TPSA) is 67.4 Å². The number of hydrogen-bond donors (Lipinski definition) is 2. The molecule has 5 nitrogen and oxygen atoms in total. The van der Waals surface area contributed by atoms with Crippen LogP contribution in [-0.4, -0.2) is 30.3 Å². The van der Waals surface area contributed by atoms with Crippen molar-refractivity contribution in [2.45, 2.75) is 39.0 Å². The Morgan fingerprint density at radius 1 is 1.19 bits per heavy atom. The molecule has 0 aliphatic heterocycles. The third kappa shape index (κ3) is 5.06. The van der Waals surface area contributed by atoms with Gasteiger partial charge in [-0.3, -0.25) is 4.79 Å². The first kappa shape index (κ1) is 21.7. The van der Waals surface area contributed by atoms with Gasteiger partial charge < -0.3 is 15.4 Å². The maximum atomic E-state index is 13.8. The van der Waals surface area contributed by atoms with E-state index in [-0.39, 0.29) is 12.3 Å². The highest BCUT2D eigenvalue weighted by molar-refractivity contribution is 5.91. The maximum absolute atomic E-state index is 13.8. The molecule has 0 bridgehead atoms. The predicted octanol–water partition coefficient (Wildman–Crippen LogP) is 3.36. The first-order chi connectivity index (χ1) is 11.9. The lowest BCUT2D eigenvalue weighted by Gasteiger charge is -2.35. The molecule has 1 unspecified atom stereocenters. The van der Waals surface area contributed by atoms with Crippen LogP contribution in [0.5, 0.6) is 0 Å². The van der Waals surface area contributed by atoms with Gasteiger partial charge in [0, 0.05) is 12.5 Å². The molecular formula is C16H19F5N2O3. The molecule has 1 aromatic rings. The van der Waals surface area contributed by atoms with Crippen LogP contribution in [0.2, 0.25) is 0 Å². The van der Waals surface area contributed by atoms with E-state index in [1.807, 2.05) is 0 Å². The Labute approximate surface area is 146 Å². The van der Waals surface area contributed by atoms with Crippen LogP contribution >= 0.6 is 0 Å². The summed E-state index contributed by atoms with van der Waals surface area (Å²) in [6.07, 6.45) is -5.70. The zero-order valence-corrected chi connectivity index (χ0v) is 14.3. The van der Waals surface area contributed by atoms with E-state index in [0.717, 1.165) is 0 Å². The molecule has 0 radical (unpaired) electrons. The lowest BCUT2D eigenvalue weighted by molar-refractivity contribution is -0.208. The van der Waals surface area contributed by atoms with Crippen LogP contribution in [0.15, 0.2) is 18.2 Å². The van der Waals surface area contributed by atoms with E-state index in [2.05, 4.69) is 4.74 Å². The third-order valence-corrected chi connectivity index (χ3v) is 3.18. The Hall–Kier alpha value is -2.39. The molecule has 0 aliphatic rings. The number of halogens is 5. The highest BCUT2D eigenvalue weighted by Crippen LogP contribution is 2.34. The van der Waals surface area contributed by atoms with Crippen molar-refractivity contribution in [1.29, 1.82) is 0 Å². The number of rotatable bonds is 7. The largest absolute Gasteiger partial charge is 0.463 e. The average Bonchev–Trinajstić information content (AvgIpc) is 2.47. The third-order valence-electron chi connectivity index (χ3n) is 3.18. The molecule has 0 saturated heterocycles. The summed E-state index contributed by atoms with van der Waals surface area (Å²) in [5, 5.41) is 3.21. The van der Waals surface area contributed by atoms with Crippen molar-refractivity contribution in [2.24, 2.45) is 5.92 Å². The summed E-state index contributed by atoms with van der Waals surface area (Å²) < 4.78 is 72.6. The summed E-state index contributed by atoms with van der Waals surface area (Å²) in [6.45, 7) is 4.04. The van der Waals surface area contributed by atoms with Gasteiger partial charge in [-0.05, 0) is 25.0 Å². The van der Waals surface area contributed by atoms with Crippen LogP contribution in [0.4, 0.5) is 27.6 Å². The molecule has 0 aromatic heterocycles. The molecular weight excluding hydrogens is 363 g/mol. The Morgan fingerprint density at radius 2 is 1.81 bits per heavy atom. The smallest absolute Gasteiger partial charge is 0.441 e. The van der Waals surface area contributed by atoms with Crippen molar-refractivity contribution in [2.75, 3.05) is 11.9 Å². The SMILES string of the molecule is CCOC(=O)C(NC(=O)CC(C)C)(Nc1ccc(F)cc1F)C(F)(F)F. The van der Waals surface area contributed by atoms with Crippen molar-refractivity contribution in [3.8, 4) is 0 Å². The van der Waals surface area contributed by atoms with Crippen LogP contribution in [0.1, 0.15) is 27.2 Å². The van der Waals surface area contributed by atoms with Gasteiger partial charge in [0.05, 0.1) is 12.3 Å². The highest BCUT2D eigenvalue weighted by Gasteiger charge is 2.63. The Balaban J connectivity index is 3.41. The standard InChI is InChI=1S/C16H19F5N2O3/c1-4-26-14(25)15(16(19,20)21,23-13(24)7-9(2)3)22-12-6-5-10(17)8-11(12)18/h5-6,8-9,22H,4,7H2,1-3H3,(H,23,24). The van der Waals surface area contributed by atoms with Gasteiger partial charge in [0.25, 0.3) is 0 Å². The van der Waals surface area contributed by atoms with Crippen molar-refractivity contribution in [3.05, 3.63) is 29.8 Å². The molecule has 10 heteroatoms. The summed E-state index contributed by atoms with van der Waals surface area (Å²) in [5.41, 5.74) is -4.56. The first-order valence-electron chi connectivity index (χ1n) is 7.71. The summed E-state index contributed by atoms with van der Waals surface area (Å²) in [4.78, 5) is 24.0. The van der Waals surface area contributed by atoms with E-state index >= 15 is 0 Å². The number of hydrogen-bond acceptors (Lipinski definition) is 4. The average molecular weight is 382 g/mol. The summed E-state index contributed by atoms with van der Waals surface area (Å²) >= 11 is 0. The van der Waals surface area contributed by atoms with Gasteiger partial charge in [-0.1, -0.05) is 13.8 Å². The maximum Gasteiger partial charge on any atom is 0.441 e. The number of esters is 1. The molecule has 0 spiro atoms. The number of benzene rings is 1. The van der Waals surface area contributed by atoms with E-state index in [1.165, 1.54) is 6.92 Å². The molecule has 1 atom stereocenters. The Morgan fingerprint density at radius 3 is 2.27 bits per heavy atom. The quantitative estimate of drug-likeness (QED) is 0.431. The Kier molecular flexibility index (Phi) is 6.93. The molecule has 26 heavy (non-hydrogen) atoms. The molecule has 0 heterocycles. The molecule has 1 rings (SSSR count). The fraction of sp³-hybridized carbons (Fsp3) is 0.500. The second kappa shape index (κ2) is 8.33. The summed E-state index contributed by atoms with van der Waals surface area (Å²) in [6, 6.07) is 1.72. The number of anilines is 1. The minimum Gasteiger partial charge on any atom is -0.463 e. The van der Waals surface area contributed by atoms with Gasteiger partial charge in [-0.15, -0.1) is 0 Å². The zero-order chi connectivity index (χ0) is 20.1. The number of alkyl halides is 3. The molecule has 0 saturated carbocycles. The van der Waals surface area contributed by atoms with Gasteiger partial charge in [0.2, 0.25) is 5.91 Å². The number of carbonyl (C=O) groups excluding carboxylic acids is 2. The second-order valence-corrected chi connectivity index (χ2v) is 5.86. The van der Waals surface area contributed by atoms with Crippen LogP contribution in [0.3, 0.4) is 0 Å². The first-order valence-corrected chi connectivity index (χ1v) is 7.71. The van der Waals surface area contributed by atoms with E-state index in [1.54, 1.807) is 24.5 Å². The minimum atomic E-state index is -5.38. The number of ether oxygens (including phenoxy) is 1. The molecule has 0 aliphatic carbocycles. The van der Waals surface area contributed by atoms with Crippen molar-refractivity contribution < 1.29 is 36.3 Å². The fourth-order valence-corrected chi connectivity index (χ4v) is 2.05. The van der Waals surface area contributed by atoms with Gasteiger partial charge >= 0.3 is 17.8 Å². The van der Waals surface area contributed by atoms with Gasteiger partial charge in [-0.2, -0.15) is 13.2 Å². The normalized spacial score (nSPS) is 13.9. The van der Waals surface area contributed by atoms with Crippen LogP contribution in [0.25, 0.3) is 0 Å². The van der Waals surface area contributed by atoms with E-state index in [4.69, 9.17) is 0 Å². The Bertz CT molecular complexity index is 664. The van der Waals surface area contributed by atoms with Crippen LogP contribution in [-0.2, 0) is 14.3 Å². The molecule has 146 valence electrons. The monoisotopic (exact) mass is 382 g/mol. The zero-order valence-electron chi connectivity index (χ0n) is 14.3. The van der Waals surface area contributed by atoms with E-state index in [9.17, 15) is 31.5 Å². The van der Waals surface area contributed by atoms with Gasteiger partial charge in [0.15, 0.2) is 0 Å². The van der Waals surface area contributed by atoms with E-state index < -0.39 is 47.6 Å². The second-order valence-electron chi connectivity index (χ2n) is 5.86. The van der Waals surface area contributed by atoms with Crippen LogP contribution < -0.4 is 10.6 Å². The van der Waals surface area contributed by atoms with Gasteiger partial charge in [-0.25, -0.2) is 13.6 Å².